The van der Waals surface area contributed by atoms with Crippen LogP contribution in [0.5, 0.6) is 5.75 Å². The normalized spacial score (nSPS) is 13.4. The number of phenols is 1. The highest BCUT2D eigenvalue weighted by Gasteiger charge is 2.16. The topological polar surface area (TPSA) is 146 Å². The lowest BCUT2D eigenvalue weighted by Crippen LogP contribution is -2.20. The van der Waals surface area contributed by atoms with Gasteiger partial charge in [-0.1, -0.05) is 36.4 Å². The summed E-state index contributed by atoms with van der Waals surface area (Å²) < 4.78 is 1.49. The van der Waals surface area contributed by atoms with Crippen molar-refractivity contribution in [3.63, 3.8) is 0 Å². The maximum absolute atomic E-state index is 13.2. The summed E-state index contributed by atoms with van der Waals surface area (Å²) in [5.74, 6) is 5.71. The average Bonchev–Trinajstić information content (AvgIpc) is 3.23. The summed E-state index contributed by atoms with van der Waals surface area (Å²) in [4.78, 5) is 13.2. The first-order chi connectivity index (χ1) is 18.5. The molecule has 4 aromatic rings. The molecule has 10 heteroatoms. The Hall–Kier alpha value is -4.99. The molecule has 1 heterocycles. The van der Waals surface area contributed by atoms with Gasteiger partial charge in [-0.05, 0) is 73.6 Å². The van der Waals surface area contributed by atoms with Crippen molar-refractivity contribution < 1.29 is 5.11 Å². The van der Waals surface area contributed by atoms with Crippen LogP contribution in [0.2, 0.25) is 0 Å². The lowest BCUT2D eigenvalue weighted by atomic mass is 9.91. The number of benzene rings is 3. The Labute approximate surface area is 219 Å². The number of azo groups is 1. The van der Waals surface area contributed by atoms with Crippen LogP contribution in [0.3, 0.4) is 0 Å². The molecule has 10 nitrogen and oxygen atoms in total. The number of nitrogens with one attached hydrogen (secondary N) is 2. The van der Waals surface area contributed by atoms with Crippen molar-refractivity contribution in [2.24, 2.45) is 26.3 Å². The number of aromatic amines is 1. The number of aryl methyl sites for hydroxylation is 3. The van der Waals surface area contributed by atoms with Crippen LogP contribution < -0.4 is 16.8 Å². The quantitative estimate of drug-likeness (QED) is 0.0958. The highest BCUT2D eigenvalue weighted by Crippen LogP contribution is 2.38. The van der Waals surface area contributed by atoms with E-state index < -0.39 is 0 Å². The van der Waals surface area contributed by atoms with Crippen molar-refractivity contribution in [3.05, 3.63) is 93.4 Å². The monoisotopic (exact) mass is 508 g/mol. The molecule has 0 unspecified atom stereocenters. The Balaban J connectivity index is 1.46. The summed E-state index contributed by atoms with van der Waals surface area (Å²) >= 11 is 0. The van der Waals surface area contributed by atoms with Gasteiger partial charge in [0.1, 0.15) is 5.69 Å². The van der Waals surface area contributed by atoms with Crippen molar-refractivity contribution in [1.82, 2.24) is 15.2 Å². The number of para-hydroxylation sites is 1. The number of aromatic nitrogens is 2. The molecule has 192 valence electrons. The molecule has 0 saturated heterocycles. The summed E-state index contributed by atoms with van der Waals surface area (Å²) in [6.07, 6.45) is 4.45. The first-order valence-corrected chi connectivity index (χ1v) is 12.3. The second-order valence-electron chi connectivity index (χ2n) is 9.09. The van der Waals surface area contributed by atoms with Crippen LogP contribution in [0.4, 0.5) is 11.4 Å². The van der Waals surface area contributed by atoms with E-state index in [0.717, 1.165) is 24.9 Å². The molecular weight excluding hydrogens is 480 g/mol. The van der Waals surface area contributed by atoms with Crippen LogP contribution in [-0.4, -0.2) is 27.4 Å². The molecule has 0 aliphatic heterocycles. The van der Waals surface area contributed by atoms with Crippen LogP contribution in [0.15, 0.2) is 85.9 Å². The van der Waals surface area contributed by atoms with Gasteiger partial charge in [-0.15, -0.1) is 10.2 Å². The number of phenolic OH excluding ortho intramolecular Hbond substituents is 1. The molecular formula is C28H28N8O2. The third-order valence-corrected chi connectivity index (χ3v) is 6.66. The second-order valence-corrected chi connectivity index (χ2v) is 9.09. The van der Waals surface area contributed by atoms with Crippen LogP contribution >= 0.6 is 0 Å². The van der Waals surface area contributed by atoms with E-state index in [1.165, 1.54) is 22.2 Å². The van der Waals surface area contributed by atoms with E-state index >= 15 is 0 Å². The molecule has 0 spiro atoms. The molecule has 3 aromatic carbocycles. The van der Waals surface area contributed by atoms with Crippen molar-refractivity contribution in [2.45, 2.75) is 32.6 Å². The van der Waals surface area contributed by atoms with Crippen molar-refractivity contribution in [2.75, 3.05) is 0 Å². The van der Waals surface area contributed by atoms with Gasteiger partial charge >= 0.3 is 0 Å². The van der Waals surface area contributed by atoms with Gasteiger partial charge in [0, 0.05) is 17.8 Å². The molecule has 0 amide bonds. The number of H-pyrrole nitrogens is 1. The Morgan fingerprint density at radius 3 is 2.63 bits per heavy atom. The standard InChI is InChI=1S/C28H28N8O2/c1-17-25(28(38)36(35-17)22-14-13-18-7-3-4-8-19(18)16-22)33-32-24-12-6-11-23(26(24)37)20-9-5-10-21(15-20)27(31-29)34-30-2/h5-6,9-16,35,37H,2-4,7-8,29H2,1H3,(H,31,34). The summed E-state index contributed by atoms with van der Waals surface area (Å²) in [5.41, 5.74) is 8.62. The zero-order valence-electron chi connectivity index (χ0n) is 21.0. The fourth-order valence-electron chi connectivity index (χ4n) is 4.72. The number of hydrogen-bond acceptors (Lipinski definition) is 7. The van der Waals surface area contributed by atoms with E-state index in [1.54, 1.807) is 43.3 Å². The van der Waals surface area contributed by atoms with Gasteiger partial charge in [0.15, 0.2) is 17.3 Å². The maximum Gasteiger partial charge on any atom is 0.299 e. The number of aromatic hydroxyl groups is 1. The van der Waals surface area contributed by atoms with Gasteiger partial charge in [0.05, 0.1) is 11.4 Å². The highest BCUT2D eigenvalue weighted by atomic mass is 16.3. The lowest BCUT2D eigenvalue weighted by Gasteiger charge is -2.16. The maximum atomic E-state index is 13.2. The first-order valence-electron chi connectivity index (χ1n) is 12.3. The number of fused-ring (bicyclic) bond motifs is 1. The van der Waals surface area contributed by atoms with E-state index in [2.05, 4.69) is 49.8 Å². The van der Waals surface area contributed by atoms with Crippen molar-refractivity contribution >= 4 is 23.9 Å². The predicted octanol–water partition coefficient (Wildman–Crippen LogP) is 4.97. The van der Waals surface area contributed by atoms with Gasteiger partial charge in [0.2, 0.25) is 0 Å². The van der Waals surface area contributed by atoms with Gasteiger partial charge in [-0.3, -0.25) is 15.3 Å². The molecule has 0 saturated carbocycles. The zero-order chi connectivity index (χ0) is 26.6. The molecule has 1 aromatic heterocycles. The SMILES string of the molecule is C=NN/C(=N\N)c1cccc(-c2cccc(N=Nc3c(C)[nH]n(-c4ccc5c(c4)CCCC5)c3=O)c2O)c1. The second kappa shape index (κ2) is 10.6. The number of amidine groups is 1. The molecule has 0 bridgehead atoms. The minimum atomic E-state index is -0.303. The third-order valence-electron chi connectivity index (χ3n) is 6.66. The van der Waals surface area contributed by atoms with E-state index in [9.17, 15) is 9.90 Å². The van der Waals surface area contributed by atoms with Gasteiger partial charge < -0.3 is 10.9 Å². The number of hydrazone groups is 2. The van der Waals surface area contributed by atoms with Crippen molar-refractivity contribution in [3.8, 4) is 22.6 Å². The fraction of sp³-hybridized carbons (Fsp3) is 0.179. The summed E-state index contributed by atoms with van der Waals surface area (Å²) in [5, 5.41) is 29.9. The van der Waals surface area contributed by atoms with E-state index in [4.69, 9.17) is 5.84 Å². The molecule has 38 heavy (non-hydrogen) atoms. The smallest absolute Gasteiger partial charge is 0.299 e. The molecule has 5 N–H and O–H groups in total. The minimum absolute atomic E-state index is 0.0716. The molecule has 0 atom stereocenters. The summed E-state index contributed by atoms with van der Waals surface area (Å²) in [6.45, 7) is 5.16. The van der Waals surface area contributed by atoms with E-state index in [1.807, 2.05) is 12.1 Å². The Kier molecular flexibility index (Phi) is 6.86. The van der Waals surface area contributed by atoms with Gasteiger partial charge in [0.25, 0.3) is 5.56 Å². The van der Waals surface area contributed by atoms with Crippen LogP contribution in [0, 0.1) is 6.92 Å². The average molecular weight is 509 g/mol. The summed E-state index contributed by atoms with van der Waals surface area (Å²) in [7, 11) is 0. The van der Waals surface area contributed by atoms with Crippen LogP contribution in [0.1, 0.15) is 35.2 Å². The zero-order valence-corrected chi connectivity index (χ0v) is 21.0. The van der Waals surface area contributed by atoms with E-state index in [-0.39, 0.29) is 22.7 Å². The third kappa shape index (κ3) is 4.71. The summed E-state index contributed by atoms with van der Waals surface area (Å²) in [6, 6.07) is 18.5. The Bertz CT molecular complexity index is 1630. The predicted molar refractivity (Wildman–Crippen MR) is 149 cm³/mol. The largest absolute Gasteiger partial charge is 0.505 e. The minimum Gasteiger partial charge on any atom is -0.505 e. The molecule has 1 aliphatic carbocycles. The van der Waals surface area contributed by atoms with E-state index in [0.29, 0.717) is 28.2 Å². The number of rotatable bonds is 6. The fourth-order valence-corrected chi connectivity index (χ4v) is 4.72. The number of nitrogens with two attached hydrogens (primary N) is 1. The lowest BCUT2D eigenvalue weighted by molar-refractivity contribution is 0.478. The number of hydrogen-bond donors (Lipinski definition) is 4. The van der Waals surface area contributed by atoms with Crippen molar-refractivity contribution in [1.29, 1.82) is 0 Å². The van der Waals surface area contributed by atoms with Crippen LogP contribution in [-0.2, 0) is 12.8 Å². The Morgan fingerprint density at radius 1 is 1.05 bits per heavy atom. The molecule has 0 fully saturated rings. The first kappa shape index (κ1) is 24.7. The highest BCUT2D eigenvalue weighted by molar-refractivity contribution is 5.99. The molecule has 0 radical (unpaired) electrons. The molecule has 5 rings (SSSR count). The van der Waals surface area contributed by atoms with Crippen LogP contribution in [0.25, 0.3) is 16.8 Å². The Morgan fingerprint density at radius 2 is 1.84 bits per heavy atom. The van der Waals surface area contributed by atoms with Gasteiger partial charge in [-0.25, -0.2) is 4.68 Å². The van der Waals surface area contributed by atoms with Gasteiger partial charge in [-0.2, -0.15) is 10.2 Å². The number of nitrogens with zero attached hydrogens (tertiary/aromatic N) is 5. The molecule has 1 aliphatic rings.